The van der Waals surface area contributed by atoms with Crippen molar-refractivity contribution >= 4 is 17.5 Å². The van der Waals surface area contributed by atoms with E-state index in [-0.39, 0.29) is 5.91 Å². The van der Waals surface area contributed by atoms with Gasteiger partial charge in [0.1, 0.15) is 0 Å². The number of halogens is 1. The van der Waals surface area contributed by atoms with Gasteiger partial charge in [-0.2, -0.15) is 5.26 Å². The minimum absolute atomic E-state index is 0.0261. The van der Waals surface area contributed by atoms with E-state index in [9.17, 15) is 4.79 Å². The fraction of sp³-hybridized carbons (Fsp3) is 0.412. The zero-order valence-electron chi connectivity index (χ0n) is 12.2. The molecule has 1 atom stereocenters. The fourth-order valence-corrected chi connectivity index (χ4v) is 2.90. The zero-order chi connectivity index (χ0) is 15.2. The Morgan fingerprint density at radius 1 is 1.43 bits per heavy atom. The zero-order valence-corrected chi connectivity index (χ0v) is 12.9. The van der Waals surface area contributed by atoms with Gasteiger partial charge in [0.2, 0.25) is 0 Å². The Bertz CT molecular complexity index is 571. The second-order valence-corrected chi connectivity index (χ2v) is 5.76. The number of nitrogens with zero attached hydrogens (tertiary/aromatic N) is 2. The first-order valence-corrected chi connectivity index (χ1v) is 7.62. The van der Waals surface area contributed by atoms with Gasteiger partial charge in [0.25, 0.3) is 5.91 Å². The lowest BCUT2D eigenvalue weighted by molar-refractivity contribution is 0.0816. The first-order chi connectivity index (χ1) is 10.1. The molecule has 1 aromatic rings. The number of nitriles is 1. The third-order valence-electron chi connectivity index (χ3n) is 3.92. The monoisotopic (exact) mass is 302 g/mol. The molecule has 0 heterocycles. The molecule has 4 heteroatoms. The van der Waals surface area contributed by atoms with Crippen LogP contribution in [0.15, 0.2) is 36.0 Å². The molecule has 0 saturated heterocycles. The molecule has 110 valence electrons. The second kappa shape index (κ2) is 7.28. The van der Waals surface area contributed by atoms with Gasteiger partial charge in [-0.25, -0.2) is 0 Å². The summed E-state index contributed by atoms with van der Waals surface area (Å²) in [5.74, 6) is 0.279. The van der Waals surface area contributed by atoms with Crippen LogP contribution >= 0.6 is 11.6 Å². The molecule has 1 aliphatic rings. The molecule has 2 rings (SSSR count). The number of rotatable bonds is 4. The summed E-state index contributed by atoms with van der Waals surface area (Å²) in [6.45, 7) is 0. The molecular formula is C17H19ClN2O. The Morgan fingerprint density at radius 3 is 2.81 bits per heavy atom. The standard InChI is InChI=1S/C17H19ClN2O/c1-20(17(21)14-8-10-15(18)11-9-14)16-7-3-2-5-13(16)6-4-12-19/h7-11,13H,2-6H2,1H3/t13-/m1/s1. The van der Waals surface area contributed by atoms with E-state index in [1.54, 1.807) is 29.2 Å². The molecule has 0 aromatic heterocycles. The largest absolute Gasteiger partial charge is 0.315 e. The highest BCUT2D eigenvalue weighted by Gasteiger charge is 2.24. The van der Waals surface area contributed by atoms with Crippen molar-refractivity contribution in [2.24, 2.45) is 5.92 Å². The third-order valence-corrected chi connectivity index (χ3v) is 4.17. The first kappa shape index (κ1) is 15.6. The van der Waals surface area contributed by atoms with Crippen molar-refractivity contribution in [2.45, 2.75) is 32.1 Å². The first-order valence-electron chi connectivity index (χ1n) is 7.24. The molecular weight excluding hydrogens is 284 g/mol. The van der Waals surface area contributed by atoms with E-state index in [1.807, 2.05) is 7.05 Å². The van der Waals surface area contributed by atoms with Crippen molar-refractivity contribution < 1.29 is 4.79 Å². The van der Waals surface area contributed by atoms with Crippen molar-refractivity contribution in [2.75, 3.05) is 7.05 Å². The van der Waals surface area contributed by atoms with Crippen LogP contribution in [0.3, 0.4) is 0 Å². The van der Waals surface area contributed by atoms with Crippen molar-refractivity contribution in [1.82, 2.24) is 4.90 Å². The van der Waals surface area contributed by atoms with Crippen LogP contribution in [0.4, 0.5) is 0 Å². The number of carbonyl (C=O) groups excluding carboxylic acids is 1. The Labute approximate surface area is 130 Å². The van der Waals surface area contributed by atoms with E-state index in [1.165, 1.54) is 0 Å². The van der Waals surface area contributed by atoms with Gasteiger partial charge in [-0.1, -0.05) is 17.7 Å². The molecule has 21 heavy (non-hydrogen) atoms. The van der Waals surface area contributed by atoms with Crippen molar-refractivity contribution in [1.29, 1.82) is 5.26 Å². The van der Waals surface area contributed by atoms with Crippen LogP contribution in [-0.4, -0.2) is 17.9 Å². The molecule has 0 spiro atoms. The van der Waals surface area contributed by atoms with Crippen molar-refractivity contribution in [3.05, 3.63) is 46.6 Å². The van der Waals surface area contributed by atoms with Crippen LogP contribution in [0.1, 0.15) is 42.5 Å². The molecule has 0 N–H and O–H groups in total. The Morgan fingerprint density at radius 2 is 2.14 bits per heavy atom. The summed E-state index contributed by atoms with van der Waals surface area (Å²) in [6, 6.07) is 9.14. The van der Waals surface area contributed by atoms with E-state index in [4.69, 9.17) is 16.9 Å². The number of benzene rings is 1. The van der Waals surface area contributed by atoms with Gasteiger partial charge >= 0.3 is 0 Å². The highest BCUT2D eigenvalue weighted by Crippen LogP contribution is 2.31. The molecule has 1 amide bonds. The molecule has 0 aliphatic heterocycles. The lowest BCUT2D eigenvalue weighted by Crippen LogP contribution is -2.31. The minimum atomic E-state index is -0.0261. The topological polar surface area (TPSA) is 44.1 Å². The third kappa shape index (κ3) is 3.86. The quantitative estimate of drug-likeness (QED) is 0.827. The maximum Gasteiger partial charge on any atom is 0.257 e. The van der Waals surface area contributed by atoms with Gasteiger partial charge in [0.15, 0.2) is 0 Å². The van der Waals surface area contributed by atoms with Crippen LogP contribution in [0.5, 0.6) is 0 Å². The average molecular weight is 303 g/mol. The smallest absolute Gasteiger partial charge is 0.257 e. The SMILES string of the molecule is CN(C(=O)c1ccc(Cl)cc1)C1=CCCC[C@@H]1CCC#N. The molecule has 0 unspecified atom stereocenters. The number of hydrogen-bond acceptors (Lipinski definition) is 2. The number of amides is 1. The molecule has 0 saturated carbocycles. The van der Waals surface area contributed by atoms with Gasteiger partial charge in [0, 0.05) is 29.8 Å². The normalized spacial score (nSPS) is 17.8. The summed E-state index contributed by atoms with van der Waals surface area (Å²) >= 11 is 5.86. The lowest BCUT2D eigenvalue weighted by Gasteiger charge is -2.30. The van der Waals surface area contributed by atoms with Gasteiger partial charge in [-0.05, 0) is 55.9 Å². The molecule has 1 aliphatic carbocycles. The minimum Gasteiger partial charge on any atom is -0.315 e. The summed E-state index contributed by atoms with van der Waals surface area (Å²) in [5, 5.41) is 9.40. The Kier molecular flexibility index (Phi) is 5.41. The van der Waals surface area contributed by atoms with E-state index in [0.717, 1.165) is 31.4 Å². The van der Waals surface area contributed by atoms with Crippen LogP contribution in [-0.2, 0) is 0 Å². The second-order valence-electron chi connectivity index (χ2n) is 5.32. The summed E-state index contributed by atoms with van der Waals surface area (Å²) in [6.07, 6.45) is 6.66. The number of carbonyl (C=O) groups is 1. The van der Waals surface area contributed by atoms with Crippen LogP contribution in [0, 0.1) is 17.2 Å². The van der Waals surface area contributed by atoms with E-state index < -0.39 is 0 Å². The summed E-state index contributed by atoms with van der Waals surface area (Å²) in [4.78, 5) is 14.3. The number of allylic oxidation sites excluding steroid dienone is 2. The maximum atomic E-state index is 12.6. The van der Waals surface area contributed by atoms with E-state index in [2.05, 4.69) is 12.1 Å². The highest BCUT2D eigenvalue weighted by molar-refractivity contribution is 6.30. The Balaban J connectivity index is 2.15. The van der Waals surface area contributed by atoms with Crippen LogP contribution in [0.25, 0.3) is 0 Å². The maximum absolute atomic E-state index is 12.6. The summed E-state index contributed by atoms with van der Waals surface area (Å²) < 4.78 is 0. The van der Waals surface area contributed by atoms with Gasteiger partial charge < -0.3 is 4.90 Å². The van der Waals surface area contributed by atoms with Crippen LogP contribution in [0.2, 0.25) is 5.02 Å². The molecule has 0 bridgehead atoms. The van der Waals surface area contributed by atoms with E-state index >= 15 is 0 Å². The predicted molar refractivity (Wildman–Crippen MR) is 83.8 cm³/mol. The molecule has 0 fully saturated rings. The molecule has 0 radical (unpaired) electrons. The number of hydrogen-bond donors (Lipinski definition) is 0. The summed E-state index contributed by atoms with van der Waals surface area (Å²) in [5.41, 5.74) is 1.68. The van der Waals surface area contributed by atoms with Gasteiger partial charge in [-0.15, -0.1) is 0 Å². The highest BCUT2D eigenvalue weighted by atomic mass is 35.5. The molecule has 1 aromatic carbocycles. The Hall–Kier alpha value is -1.79. The van der Waals surface area contributed by atoms with E-state index in [0.29, 0.717) is 22.9 Å². The van der Waals surface area contributed by atoms with Crippen LogP contribution < -0.4 is 0 Å². The van der Waals surface area contributed by atoms with Gasteiger partial charge in [0.05, 0.1) is 6.07 Å². The summed E-state index contributed by atoms with van der Waals surface area (Å²) in [7, 11) is 1.81. The lowest BCUT2D eigenvalue weighted by atomic mass is 9.88. The average Bonchev–Trinajstić information content (AvgIpc) is 2.52. The predicted octanol–water partition coefficient (Wildman–Crippen LogP) is 4.40. The van der Waals surface area contributed by atoms with Crippen molar-refractivity contribution in [3.63, 3.8) is 0 Å². The van der Waals surface area contributed by atoms with Crippen molar-refractivity contribution in [3.8, 4) is 6.07 Å². The molecule has 3 nitrogen and oxygen atoms in total. The fourth-order valence-electron chi connectivity index (χ4n) is 2.77. The van der Waals surface area contributed by atoms with Gasteiger partial charge in [-0.3, -0.25) is 4.79 Å².